The molecule has 7 nitrogen and oxygen atoms in total. The van der Waals surface area contributed by atoms with Gasteiger partial charge in [-0.3, -0.25) is 15.8 Å². The summed E-state index contributed by atoms with van der Waals surface area (Å²) in [6, 6.07) is 14.5. The molecule has 0 atom stereocenters. The van der Waals surface area contributed by atoms with Crippen LogP contribution in [-0.2, 0) is 13.2 Å². The van der Waals surface area contributed by atoms with Gasteiger partial charge in [-0.2, -0.15) is 0 Å². The van der Waals surface area contributed by atoms with Gasteiger partial charge in [-0.15, -0.1) is 0 Å². The smallest absolute Gasteiger partial charge is 0.144 e. The predicted octanol–water partition coefficient (Wildman–Crippen LogP) is 3.42. The molecule has 6 N–H and O–H groups in total. The highest BCUT2D eigenvalue weighted by molar-refractivity contribution is 5.95. The minimum Gasteiger partial charge on any atom is -0.489 e. The standard InChI is InChI=1S/C23H25N5O2/c1-14-19(13-29-20-9-7-18(8-10-20)23(26)27)11-28-15(2)21(14)30-12-16-3-5-17(6-4-16)22(24)25/h3-11H,12-13H2,1-2H3,(H3,24,25)(H3,26,27). The Hall–Kier alpha value is -3.87. The maximum atomic E-state index is 7.46. The highest BCUT2D eigenvalue weighted by Crippen LogP contribution is 2.26. The fourth-order valence-electron chi connectivity index (χ4n) is 2.93. The van der Waals surface area contributed by atoms with Gasteiger partial charge in [0.2, 0.25) is 0 Å². The Balaban J connectivity index is 1.68. The second-order valence-corrected chi connectivity index (χ2v) is 6.95. The van der Waals surface area contributed by atoms with Crippen LogP contribution in [-0.4, -0.2) is 16.7 Å². The molecule has 0 aliphatic carbocycles. The van der Waals surface area contributed by atoms with Crippen molar-refractivity contribution in [2.24, 2.45) is 11.5 Å². The number of aromatic nitrogens is 1. The van der Waals surface area contributed by atoms with E-state index in [-0.39, 0.29) is 11.7 Å². The van der Waals surface area contributed by atoms with Crippen LogP contribution in [0.3, 0.4) is 0 Å². The number of nitrogen functional groups attached to an aromatic ring is 2. The fraction of sp³-hybridized carbons (Fsp3) is 0.174. The summed E-state index contributed by atoms with van der Waals surface area (Å²) < 4.78 is 11.9. The second-order valence-electron chi connectivity index (χ2n) is 6.95. The number of rotatable bonds is 8. The summed E-state index contributed by atoms with van der Waals surface area (Å²) >= 11 is 0. The molecule has 0 unspecified atom stereocenters. The molecule has 0 bridgehead atoms. The van der Waals surface area contributed by atoms with Crippen molar-refractivity contribution in [3.05, 3.63) is 88.2 Å². The highest BCUT2D eigenvalue weighted by Gasteiger charge is 2.12. The number of pyridine rings is 1. The monoisotopic (exact) mass is 403 g/mol. The predicted molar refractivity (Wildman–Crippen MR) is 117 cm³/mol. The molecule has 0 saturated carbocycles. The van der Waals surface area contributed by atoms with E-state index >= 15 is 0 Å². The van der Waals surface area contributed by atoms with Crippen LogP contribution in [0.25, 0.3) is 0 Å². The van der Waals surface area contributed by atoms with Crippen LogP contribution < -0.4 is 20.9 Å². The Morgan fingerprint density at radius 3 is 1.97 bits per heavy atom. The number of benzene rings is 2. The van der Waals surface area contributed by atoms with Gasteiger partial charge in [-0.25, -0.2) is 0 Å². The first-order chi connectivity index (χ1) is 14.3. The topological polar surface area (TPSA) is 131 Å². The van der Waals surface area contributed by atoms with Gasteiger partial charge in [-0.1, -0.05) is 24.3 Å². The van der Waals surface area contributed by atoms with E-state index in [1.54, 1.807) is 42.6 Å². The first-order valence-corrected chi connectivity index (χ1v) is 9.43. The van der Waals surface area contributed by atoms with E-state index in [2.05, 4.69) is 4.98 Å². The average molecular weight is 403 g/mol. The van der Waals surface area contributed by atoms with E-state index in [1.165, 1.54) is 0 Å². The second kappa shape index (κ2) is 9.09. The molecule has 2 aromatic carbocycles. The van der Waals surface area contributed by atoms with Crippen LogP contribution >= 0.6 is 0 Å². The number of nitrogens with one attached hydrogen (secondary N) is 2. The van der Waals surface area contributed by atoms with E-state index < -0.39 is 0 Å². The summed E-state index contributed by atoms with van der Waals surface area (Å²) in [6.45, 7) is 4.63. The molecule has 1 aromatic heterocycles. The molecule has 30 heavy (non-hydrogen) atoms. The first kappa shape index (κ1) is 20.9. The van der Waals surface area contributed by atoms with Gasteiger partial charge in [0.05, 0.1) is 5.69 Å². The first-order valence-electron chi connectivity index (χ1n) is 9.43. The molecule has 3 aromatic rings. The van der Waals surface area contributed by atoms with E-state index in [4.69, 9.17) is 31.8 Å². The van der Waals surface area contributed by atoms with Crippen LogP contribution in [0.5, 0.6) is 11.5 Å². The van der Waals surface area contributed by atoms with Gasteiger partial charge in [0.1, 0.15) is 36.4 Å². The quantitative estimate of drug-likeness (QED) is 0.338. The molecular weight excluding hydrogens is 378 g/mol. The third kappa shape index (κ3) is 4.94. The zero-order valence-corrected chi connectivity index (χ0v) is 17.0. The Morgan fingerprint density at radius 1 is 0.833 bits per heavy atom. The maximum Gasteiger partial charge on any atom is 0.144 e. The Morgan fingerprint density at radius 2 is 1.40 bits per heavy atom. The third-order valence-electron chi connectivity index (χ3n) is 4.77. The van der Waals surface area contributed by atoms with Gasteiger partial charge in [-0.05, 0) is 43.7 Å². The summed E-state index contributed by atoms with van der Waals surface area (Å²) in [5.41, 5.74) is 16.0. The lowest BCUT2D eigenvalue weighted by atomic mass is 10.1. The number of hydrogen-bond donors (Lipinski definition) is 4. The summed E-state index contributed by atoms with van der Waals surface area (Å²) in [6.07, 6.45) is 1.79. The van der Waals surface area contributed by atoms with Crippen LogP contribution in [0.4, 0.5) is 0 Å². The molecular formula is C23H25N5O2. The van der Waals surface area contributed by atoms with Crippen molar-refractivity contribution in [2.45, 2.75) is 27.1 Å². The van der Waals surface area contributed by atoms with Crippen molar-refractivity contribution in [1.29, 1.82) is 10.8 Å². The van der Waals surface area contributed by atoms with Crippen LogP contribution in [0, 0.1) is 24.7 Å². The van der Waals surface area contributed by atoms with Gasteiger partial charge >= 0.3 is 0 Å². The van der Waals surface area contributed by atoms with Crippen molar-refractivity contribution < 1.29 is 9.47 Å². The summed E-state index contributed by atoms with van der Waals surface area (Å²) in [4.78, 5) is 4.44. The molecule has 0 spiro atoms. The van der Waals surface area contributed by atoms with Crippen LogP contribution in [0.2, 0.25) is 0 Å². The fourth-order valence-corrected chi connectivity index (χ4v) is 2.93. The molecule has 1 heterocycles. The van der Waals surface area contributed by atoms with E-state index in [0.29, 0.717) is 30.1 Å². The number of aryl methyl sites for hydroxylation is 1. The maximum absolute atomic E-state index is 7.46. The third-order valence-corrected chi connectivity index (χ3v) is 4.77. The molecule has 154 valence electrons. The van der Waals surface area contributed by atoms with Crippen LogP contribution in [0.15, 0.2) is 54.7 Å². The Bertz CT molecular complexity index is 1060. The van der Waals surface area contributed by atoms with Crippen molar-refractivity contribution in [3.8, 4) is 11.5 Å². The number of ether oxygens (including phenoxy) is 2. The Labute approximate surface area is 175 Å². The van der Waals surface area contributed by atoms with Gasteiger partial charge in [0, 0.05) is 28.5 Å². The normalized spacial score (nSPS) is 10.5. The molecule has 3 rings (SSSR count). The molecule has 0 radical (unpaired) electrons. The lowest BCUT2D eigenvalue weighted by Gasteiger charge is -2.15. The lowest BCUT2D eigenvalue weighted by Crippen LogP contribution is -2.11. The average Bonchev–Trinajstić information content (AvgIpc) is 2.73. The summed E-state index contributed by atoms with van der Waals surface area (Å²) in [7, 11) is 0. The van der Waals surface area contributed by atoms with Gasteiger partial charge in [0.15, 0.2) is 0 Å². The molecule has 0 amide bonds. The van der Waals surface area contributed by atoms with E-state index in [0.717, 1.165) is 28.1 Å². The SMILES string of the molecule is Cc1ncc(COc2ccc(C(=N)N)cc2)c(C)c1OCc1ccc(C(=N)N)cc1. The number of nitrogens with two attached hydrogens (primary N) is 2. The molecule has 0 fully saturated rings. The zero-order valence-electron chi connectivity index (χ0n) is 17.0. The summed E-state index contributed by atoms with van der Waals surface area (Å²) in [5.74, 6) is 1.49. The van der Waals surface area contributed by atoms with Crippen molar-refractivity contribution in [2.75, 3.05) is 0 Å². The van der Waals surface area contributed by atoms with Gasteiger partial charge < -0.3 is 20.9 Å². The molecule has 0 saturated heterocycles. The lowest BCUT2D eigenvalue weighted by molar-refractivity contribution is 0.290. The summed E-state index contributed by atoms with van der Waals surface area (Å²) in [5, 5.41) is 14.9. The minimum absolute atomic E-state index is 0.0258. The van der Waals surface area contributed by atoms with Crippen LogP contribution in [0.1, 0.15) is 33.5 Å². The van der Waals surface area contributed by atoms with E-state index in [1.807, 2.05) is 26.0 Å². The van der Waals surface area contributed by atoms with Gasteiger partial charge in [0.25, 0.3) is 0 Å². The Kier molecular flexibility index (Phi) is 6.32. The molecule has 7 heteroatoms. The largest absolute Gasteiger partial charge is 0.489 e. The molecule has 0 aliphatic heterocycles. The zero-order chi connectivity index (χ0) is 21.7. The minimum atomic E-state index is 0.0258. The highest BCUT2D eigenvalue weighted by atomic mass is 16.5. The van der Waals surface area contributed by atoms with Crippen molar-refractivity contribution >= 4 is 11.7 Å². The van der Waals surface area contributed by atoms with E-state index in [9.17, 15) is 0 Å². The molecule has 0 aliphatic rings. The number of nitrogens with zero attached hydrogens (tertiary/aromatic N) is 1. The number of hydrogen-bond acceptors (Lipinski definition) is 5. The van der Waals surface area contributed by atoms with Crippen molar-refractivity contribution in [1.82, 2.24) is 4.98 Å². The number of amidine groups is 2. The van der Waals surface area contributed by atoms with Crippen molar-refractivity contribution in [3.63, 3.8) is 0 Å².